The molecule has 0 bridgehead atoms. The summed E-state index contributed by atoms with van der Waals surface area (Å²) in [5.41, 5.74) is 1.86. The number of carbonyl (C=O) groups is 2. The van der Waals surface area contributed by atoms with Crippen molar-refractivity contribution >= 4 is 34.9 Å². The van der Waals surface area contributed by atoms with Crippen LogP contribution in [0.4, 0.5) is 11.4 Å². The van der Waals surface area contributed by atoms with Gasteiger partial charge in [-0.25, -0.2) is 4.79 Å². The number of aryl methyl sites for hydroxylation is 1. The summed E-state index contributed by atoms with van der Waals surface area (Å²) in [6.45, 7) is 3.22. The van der Waals surface area contributed by atoms with E-state index < -0.39 is 23.4 Å². The SMILES string of the molecule is Cc1cc(C(=O)OCC(=O)Nc2ccc(Cl)cc2[N+](=O)[O-])c(C)n1C1CC1. The first-order valence-corrected chi connectivity index (χ1v) is 8.75. The van der Waals surface area contributed by atoms with Gasteiger partial charge in [-0.1, -0.05) is 11.6 Å². The third kappa shape index (κ3) is 4.11. The summed E-state index contributed by atoms with van der Waals surface area (Å²) in [5, 5.41) is 13.6. The topological polar surface area (TPSA) is 103 Å². The Balaban J connectivity index is 1.64. The minimum Gasteiger partial charge on any atom is -0.452 e. The minimum absolute atomic E-state index is 0.0163. The minimum atomic E-state index is -0.676. The lowest BCUT2D eigenvalue weighted by Crippen LogP contribution is -2.21. The van der Waals surface area contributed by atoms with Crippen LogP contribution in [0.2, 0.25) is 5.02 Å². The number of carbonyl (C=O) groups excluding carboxylic acids is 2. The van der Waals surface area contributed by atoms with Crippen molar-refractivity contribution in [1.82, 2.24) is 4.57 Å². The van der Waals surface area contributed by atoms with Crippen LogP contribution in [0.15, 0.2) is 24.3 Å². The largest absolute Gasteiger partial charge is 0.452 e. The van der Waals surface area contributed by atoms with Crippen LogP contribution in [-0.4, -0.2) is 28.0 Å². The number of rotatable bonds is 6. The Morgan fingerprint density at radius 1 is 1.33 bits per heavy atom. The number of aromatic nitrogens is 1. The van der Waals surface area contributed by atoms with Crippen LogP contribution in [0.1, 0.15) is 40.6 Å². The molecule has 1 aromatic heterocycles. The second-order valence-corrected chi connectivity index (χ2v) is 6.87. The van der Waals surface area contributed by atoms with Crippen molar-refractivity contribution in [1.29, 1.82) is 0 Å². The highest BCUT2D eigenvalue weighted by molar-refractivity contribution is 6.31. The molecule has 8 nitrogen and oxygen atoms in total. The van der Waals surface area contributed by atoms with Crippen molar-refractivity contribution in [2.75, 3.05) is 11.9 Å². The van der Waals surface area contributed by atoms with Crippen molar-refractivity contribution in [3.8, 4) is 0 Å². The van der Waals surface area contributed by atoms with Crippen molar-refractivity contribution in [2.45, 2.75) is 32.7 Å². The first-order valence-electron chi connectivity index (χ1n) is 8.37. The van der Waals surface area contributed by atoms with Gasteiger partial charge in [0.1, 0.15) is 5.69 Å². The predicted molar refractivity (Wildman–Crippen MR) is 99.2 cm³/mol. The lowest BCUT2D eigenvalue weighted by Gasteiger charge is -2.09. The quantitative estimate of drug-likeness (QED) is 0.458. The van der Waals surface area contributed by atoms with Crippen molar-refractivity contribution < 1.29 is 19.2 Å². The van der Waals surface area contributed by atoms with Crippen LogP contribution in [0.25, 0.3) is 0 Å². The monoisotopic (exact) mass is 391 g/mol. The van der Waals surface area contributed by atoms with Crippen LogP contribution in [0.5, 0.6) is 0 Å². The van der Waals surface area contributed by atoms with E-state index in [1.165, 1.54) is 12.1 Å². The molecule has 9 heteroatoms. The summed E-state index contributed by atoms with van der Waals surface area (Å²) in [4.78, 5) is 34.7. The highest BCUT2D eigenvalue weighted by atomic mass is 35.5. The van der Waals surface area contributed by atoms with Gasteiger partial charge in [0.25, 0.3) is 11.6 Å². The number of hydrogen-bond acceptors (Lipinski definition) is 5. The zero-order chi connectivity index (χ0) is 19.7. The third-order valence-corrected chi connectivity index (χ3v) is 4.62. The molecule has 0 radical (unpaired) electrons. The van der Waals surface area contributed by atoms with E-state index in [2.05, 4.69) is 9.88 Å². The van der Waals surface area contributed by atoms with Gasteiger partial charge < -0.3 is 14.6 Å². The van der Waals surface area contributed by atoms with E-state index in [0.29, 0.717) is 11.6 Å². The Morgan fingerprint density at radius 3 is 2.67 bits per heavy atom. The Bertz CT molecular complexity index is 933. The molecule has 1 aliphatic carbocycles. The summed E-state index contributed by atoms with van der Waals surface area (Å²) in [6.07, 6.45) is 2.18. The van der Waals surface area contributed by atoms with Gasteiger partial charge in [0.15, 0.2) is 6.61 Å². The zero-order valence-corrected chi connectivity index (χ0v) is 15.6. The van der Waals surface area contributed by atoms with Gasteiger partial charge in [-0.2, -0.15) is 0 Å². The maximum Gasteiger partial charge on any atom is 0.340 e. The van der Waals surface area contributed by atoms with E-state index in [-0.39, 0.29) is 16.4 Å². The van der Waals surface area contributed by atoms with E-state index in [0.717, 1.165) is 30.3 Å². The molecule has 27 heavy (non-hydrogen) atoms. The number of nitro groups is 1. The Hall–Kier alpha value is -2.87. The second-order valence-electron chi connectivity index (χ2n) is 6.43. The molecular formula is C18H18ClN3O5. The summed E-state index contributed by atoms with van der Waals surface area (Å²) in [5.74, 6) is -1.28. The van der Waals surface area contributed by atoms with Crippen LogP contribution >= 0.6 is 11.6 Å². The number of anilines is 1. The summed E-state index contributed by atoms with van der Waals surface area (Å²) < 4.78 is 7.18. The average Bonchev–Trinajstić information content (AvgIpc) is 3.39. The Morgan fingerprint density at radius 2 is 2.04 bits per heavy atom. The van der Waals surface area contributed by atoms with Crippen LogP contribution in [0.3, 0.4) is 0 Å². The molecule has 1 aliphatic rings. The maximum absolute atomic E-state index is 12.3. The molecule has 142 valence electrons. The van der Waals surface area contributed by atoms with Gasteiger partial charge in [0, 0.05) is 28.5 Å². The van der Waals surface area contributed by atoms with Crippen molar-refractivity contribution in [2.24, 2.45) is 0 Å². The van der Waals surface area contributed by atoms with E-state index in [9.17, 15) is 19.7 Å². The highest BCUT2D eigenvalue weighted by Crippen LogP contribution is 2.38. The normalized spacial score (nSPS) is 13.3. The van der Waals surface area contributed by atoms with E-state index in [4.69, 9.17) is 16.3 Å². The van der Waals surface area contributed by atoms with Gasteiger partial charge in [0.2, 0.25) is 0 Å². The lowest BCUT2D eigenvalue weighted by molar-refractivity contribution is -0.383. The fourth-order valence-electron chi connectivity index (χ4n) is 3.04. The van der Waals surface area contributed by atoms with Gasteiger partial charge in [-0.15, -0.1) is 0 Å². The molecule has 0 aliphatic heterocycles. The molecule has 1 heterocycles. The molecule has 1 amide bonds. The first-order chi connectivity index (χ1) is 12.8. The van der Waals surface area contributed by atoms with Crippen LogP contribution in [0, 0.1) is 24.0 Å². The number of benzene rings is 1. The molecule has 0 spiro atoms. The Labute approximate surface area is 160 Å². The highest BCUT2D eigenvalue weighted by Gasteiger charge is 2.29. The first kappa shape index (κ1) is 18.9. The van der Waals surface area contributed by atoms with Crippen LogP contribution < -0.4 is 5.32 Å². The van der Waals surface area contributed by atoms with Crippen LogP contribution in [-0.2, 0) is 9.53 Å². The molecule has 2 aromatic rings. The second kappa shape index (κ2) is 7.40. The number of esters is 1. The molecule has 3 rings (SSSR count). The number of nitrogens with one attached hydrogen (secondary N) is 1. The number of halogens is 1. The number of ether oxygens (including phenoxy) is 1. The number of amides is 1. The van der Waals surface area contributed by atoms with E-state index in [1.807, 2.05) is 13.8 Å². The lowest BCUT2D eigenvalue weighted by atomic mass is 10.2. The van der Waals surface area contributed by atoms with Crippen molar-refractivity contribution in [3.63, 3.8) is 0 Å². The van der Waals surface area contributed by atoms with Gasteiger partial charge in [-0.3, -0.25) is 14.9 Å². The zero-order valence-electron chi connectivity index (χ0n) is 14.8. The molecule has 1 saturated carbocycles. The molecule has 1 aromatic carbocycles. The Kier molecular flexibility index (Phi) is 5.18. The molecule has 0 saturated heterocycles. The van der Waals surface area contributed by atoms with Gasteiger partial charge >= 0.3 is 5.97 Å². The molecule has 1 fully saturated rings. The summed E-state index contributed by atoms with van der Waals surface area (Å²) in [6, 6.07) is 6.06. The average molecular weight is 392 g/mol. The predicted octanol–water partition coefficient (Wildman–Crippen LogP) is 3.80. The molecule has 1 N–H and O–H groups in total. The standard InChI is InChI=1S/C18H18ClN3O5/c1-10-7-14(11(2)21(10)13-4-5-13)18(24)27-9-17(23)20-15-6-3-12(19)8-16(15)22(25)26/h3,6-8,13H,4-5,9H2,1-2H3,(H,20,23). The molecule has 0 unspecified atom stereocenters. The smallest absolute Gasteiger partial charge is 0.340 e. The number of hydrogen-bond donors (Lipinski definition) is 1. The maximum atomic E-state index is 12.3. The van der Waals surface area contributed by atoms with Gasteiger partial charge in [0.05, 0.1) is 10.5 Å². The van der Waals surface area contributed by atoms with Gasteiger partial charge in [-0.05, 0) is 44.9 Å². The van der Waals surface area contributed by atoms with E-state index >= 15 is 0 Å². The van der Waals surface area contributed by atoms with Crippen molar-refractivity contribution in [3.05, 3.63) is 56.4 Å². The van der Waals surface area contributed by atoms with E-state index in [1.54, 1.807) is 6.07 Å². The molecular weight excluding hydrogens is 374 g/mol. The number of nitrogens with zero attached hydrogens (tertiary/aromatic N) is 2. The third-order valence-electron chi connectivity index (χ3n) is 4.38. The number of nitro benzene ring substituents is 1. The summed E-state index contributed by atoms with van der Waals surface area (Å²) >= 11 is 5.74. The fourth-order valence-corrected chi connectivity index (χ4v) is 3.20. The fraction of sp³-hybridized carbons (Fsp3) is 0.333. The summed E-state index contributed by atoms with van der Waals surface area (Å²) in [7, 11) is 0. The molecule has 0 atom stereocenters.